The minimum absolute atomic E-state index is 0.0414. The predicted molar refractivity (Wildman–Crippen MR) is 77.3 cm³/mol. The summed E-state index contributed by atoms with van der Waals surface area (Å²) in [6, 6.07) is 9.16. The maximum atomic E-state index is 12.1. The van der Waals surface area contributed by atoms with Gasteiger partial charge in [-0.2, -0.15) is 0 Å². The van der Waals surface area contributed by atoms with E-state index in [2.05, 4.69) is 21.5 Å². The Balaban J connectivity index is 2.12. The summed E-state index contributed by atoms with van der Waals surface area (Å²) in [5, 5.41) is 12.4. The molecular weight excluding hydrogens is 268 g/mol. The lowest BCUT2D eigenvalue weighted by Gasteiger charge is -2.16. The van der Waals surface area contributed by atoms with Gasteiger partial charge in [-0.25, -0.2) is 0 Å². The summed E-state index contributed by atoms with van der Waals surface area (Å²) in [7, 11) is 1.70. The topological polar surface area (TPSA) is 66.6 Å². The highest BCUT2D eigenvalue weighted by atomic mass is 16.5. The number of amides is 1. The molecule has 5 heteroatoms. The van der Waals surface area contributed by atoms with Crippen LogP contribution in [0.1, 0.15) is 28.0 Å². The van der Waals surface area contributed by atoms with Crippen LogP contribution in [0.15, 0.2) is 41.1 Å². The van der Waals surface area contributed by atoms with Gasteiger partial charge in [0.2, 0.25) is 0 Å². The smallest absolute Gasteiger partial charge is 0.276 e. The maximum Gasteiger partial charge on any atom is 0.276 e. The first-order chi connectivity index (χ1) is 10.2. The van der Waals surface area contributed by atoms with Crippen molar-refractivity contribution in [3.05, 3.63) is 53.4 Å². The highest BCUT2D eigenvalue weighted by Crippen LogP contribution is 2.11. The van der Waals surface area contributed by atoms with Gasteiger partial charge in [0.15, 0.2) is 5.69 Å². The van der Waals surface area contributed by atoms with E-state index in [0.29, 0.717) is 13.0 Å². The van der Waals surface area contributed by atoms with E-state index in [-0.39, 0.29) is 18.2 Å². The van der Waals surface area contributed by atoms with Gasteiger partial charge in [-0.1, -0.05) is 35.2 Å². The van der Waals surface area contributed by atoms with Gasteiger partial charge in [0.1, 0.15) is 6.26 Å². The standard InChI is InChI=1S/C16H16N2O3/c1-18(16(20)15-9-11-21-17-15)12-14-8-3-2-6-13(14)7-4-5-10-19/h2-3,6,8-9,11,19H,5,10,12H2,1H3. The fourth-order valence-electron chi connectivity index (χ4n) is 1.84. The fourth-order valence-corrected chi connectivity index (χ4v) is 1.84. The average Bonchev–Trinajstić information content (AvgIpc) is 3.02. The molecule has 0 saturated heterocycles. The van der Waals surface area contributed by atoms with Crippen molar-refractivity contribution in [1.29, 1.82) is 0 Å². The Labute approximate surface area is 123 Å². The molecule has 0 aliphatic heterocycles. The molecule has 1 heterocycles. The second kappa shape index (κ2) is 7.27. The van der Waals surface area contributed by atoms with Crippen LogP contribution in [-0.2, 0) is 6.54 Å². The van der Waals surface area contributed by atoms with Gasteiger partial charge in [-0.15, -0.1) is 0 Å². The van der Waals surface area contributed by atoms with Crippen LogP contribution < -0.4 is 0 Å². The Morgan fingerprint density at radius 1 is 1.38 bits per heavy atom. The maximum absolute atomic E-state index is 12.1. The molecule has 0 radical (unpaired) electrons. The lowest BCUT2D eigenvalue weighted by molar-refractivity contribution is 0.0774. The summed E-state index contributed by atoms with van der Waals surface area (Å²) >= 11 is 0. The Morgan fingerprint density at radius 3 is 2.90 bits per heavy atom. The van der Waals surface area contributed by atoms with Gasteiger partial charge in [0.05, 0.1) is 6.61 Å². The molecule has 0 bridgehead atoms. The molecule has 0 atom stereocenters. The van der Waals surface area contributed by atoms with Crippen molar-refractivity contribution in [3.8, 4) is 11.8 Å². The van der Waals surface area contributed by atoms with Crippen molar-refractivity contribution in [3.63, 3.8) is 0 Å². The number of carbonyl (C=O) groups is 1. The van der Waals surface area contributed by atoms with E-state index < -0.39 is 0 Å². The summed E-state index contributed by atoms with van der Waals surface area (Å²) in [6.45, 7) is 0.468. The number of aliphatic hydroxyl groups is 1. The van der Waals surface area contributed by atoms with Gasteiger partial charge in [0, 0.05) is 31.6 Å². The third-order valence-electron chi connectivity index (χ3n) is 2.89. The first-order valence-corrected chi connectivity index (χ1v) is 6.56. The SMILES string of the molecule is CN(Cc1ccccc1C#CCCO)C(=O)c1ccon1. The van der Waals surface area contributed by atoms with Crippen LogP contribution in [0.25, 0.3) is 0 Å². The Bertz CT molecular complexity index is 654. The first-order valence-electron chi connectivity index (χ1n) is 6.56. The van der Waals surface area contributed by atoms with Crippen molar-refractivity contribution in [2.24, 2.45) is 0 Å². The zero-order valence-corrected chi connectivity index (χ0v) is 11.7. The van der Waals surface area contributed by atoms with Gasteiger partial charge >= 0.3 is 0 Å². The van der Waals surface area contributed by atoms with Crippen molar-refractivity contribution in [2.45, 2.75) is 13.0 Å². The predicted octanol–water partition coefficient (Wildman–Crippen LogP) is 1.68. The summed E-state index contributed by atoms with van der Waals surface area (Å²) in [6.07, 6.45) is 1.80. The van der Waals surface area contributed by atoms with Crippen LogP contribution in [0.2, 0.25) is 0 Å². The van der Waals surface area contributed by atoms with Gasteiger partial charge in [-0.3, -0.25) is 4.79 Å². The quantitative estimate of drug-likeness (QED) is 0.867. The lowest BCUT2D eigenvalue weighted by atomic mass is 10.1. The molecule has 0 spiro atoms. The molecule has 0 fully saturated rings. The van der Waals surface area contributed by atoms with Crippen LogP contribution in [0.4, 0.5) is 0 Å². The van der Waals surface area contributed by atoms with E-state index in [0.717, 1.165) is 11.1 Å². The van der Waals surface area contributed by atoms with Gasteiger partial charge in [-0.05, 0) is 11.6 Å². The van der Waals surface area contributed by atoms with E-state index in [1.54, 1.807) is 11.9 Å². The van der Waals surface area contributed by atoms with Crippen LogP contribution in [0, 0.1) is 11.8 Å². The van der Waals surface area contributed by atoms with Crippen LogP contribution in [0.5, 0.6) is 0 Å². The fraction of sp³-hybridized carbons (Fsp3) is 0.250. The molecule has 1 aromatic carbocycles. The molecule has 1 amide bonds. The molecule has 5 nitrogen and oxygen atoms in total. The van der Waals surface area contributed by atoms with Crippen molar-refractivity contribution in [2.75, 3.05) is 13.7 Å². The highest BCUT2D eigenvalue weighted by molar-refractivity contribution is 5.91. The Kier molecular flexibility index (Phi) is 5.13. The monoisotopic (exact) mass is 284 g/mol. The number of hydrogen-bond donors (Lipinski definition) is 1. The number of nitrogens with zero attached hydrogens (tertiary/aromatic N) is 2. The van der Waals surface area contributed by atoms with Crippen molar-refractivity contribution < 1.29 is 14.4 Å². The van der Waals surface area contributed by atoms with Crippen LogP contribution >= 0.6 is 0 Å². The van der Waals surface area contributed by atoms with E-state index in [9.17, 15) is 4.79 Å². The summed E-state index contributed by atoms with van der Waals surface area (Å²) in [4.78, 5) is 13.7. The average molecular weight is 284 g/mol. The zero-order valence-electron chi connectivity index (χ0n) is 11.7. The molecule has 1 N–H and O–H groups in total. The van der Waals surface area contributed by atoms with E-state index >= 15 is 0 Å². The lowest BCUT2D eigenvalue weighted by Crippen LogP contribution is -2.26. The van der Waals surface area contributed by atoms with Crippen molar-refractivity contribution >= 4 is 5.91 Å². The second-order valence-corrected chi connectivity index (χ2v) is 4.48. The first kappa shape index (κ1) is 14.8. The molecule has 21 heavy (non-hydrogen) atoms. The number of carbonyl (C=O) groups excluding carboxylic acids is 1. The van der Waals surface area contributed by atoms with Crippen LogP contribution in [0.3, 0.4) is 0 Å². The van der Waals surface area contributed by atoms with Crippen molar-refractivity contribution in [1.82, 2.24) is 10.1 Å². The number of aromatic nitrogens is 1. The number of hydrogen-bond acceptors (Lipinski definition) is 4. The van der Waals surface area contributed by atoms with E-state index in [1.165, 1.54) is 12.3 Å². The molecule has 1 aromatic heterocycles. The highest BCUT2D eigenvalue weighted by Gasteiger charge is 2.15. The molecule has 2 aromatic rings. The minimum Gasteiger partial charge on any atom is -0.395 e. The molecule has 108 valence electrons. The molecule has 0 aliphatic rings. The number of benzene rings is 1. The Morgan fingerprint density at radius 2 is 2.19 bits per heavy atom. The number of aliphatic hydroxyl groups excluding tert-OH is 1. The second-order valence-electron chi connectivity index (χ2n) is 4.48. The number of rotatable bonds is 4. The van der Waals surface area contributed by atoms with E-state index in [4.69, 9.17) is 5.11 Å². The normalized spacial score (nSPS) is 9.81. The molecule has 0 aliphatic carbocycles. The van der Waals surface area contributed by atoms with E-state index in [1.807, 2.05) is 24.3 Å². The third kappa shape index (κ3) is 3.94. The van der Waals surface area contributed by atoms with Crippen LogP contribution in [-0.4, -0.2) is 34.7 Å². The van der Waals surface area contributed by atoms with Gasteiger partial charge in [0.25, 0.3) is 5.91 Å². The molecule has 0 unspecified atom stereocenters. The summed E-state index contributed by atoms with van der Waals surface area (Å²) in [5.41, 5.74) is 2.08. The molecule has 0 saturated carbocycles. The zero-order chi connectivity index (χ0) is 15.1. The third-order valence-corrected chi connectivity index (χ3v) is 2.89. The molecular formula is C16H16N2O3. The summed E-state index contributed by atoms with van der Waals surface area (Å²) in [5.74, 6) is 5.70. The Hall–Kier alpha value is -2.58. The minimum atomic E-state index is -0.207. The van der Waals surface area contributed by atoms with Gasteiger partial charge < -0.3 is 14.5 Å². The molecule has 2 rings (SSSR count). The largest absolute Gasteiger partial charge is 0.395 e. The summed E-state index contributed by atoms with van der Waals surface area (Å²) < 4.78 is 4.68.